The fourth-order valence-corrected chi connectivity index (χ4v) is 5.07. The molecule has 2 fully saturated rings. The van der Waals surface area contributed by atoms with Gasteiger partial charge in [0, 0.05) is 35.5 Å². The topological polar surface area (TPSA) is 101 Å². The van der Waals surface area contributed by atoms with E-state index in [1.807, 2.05) is 6.20 Å². The van der Waals surface area contributed by atoms with Crippen LogP contribution in [0.15, 0.2) is 36.8 Å². The van der Waals surface area contributed by atoms with Crippen molar-refractivity contribution in [3.05, 3.63) is 59.9 Å². The standard InChI is InChI=1S/C27H27F3N8/c1-14-11-31-7-6-20(14)34-27-23-17(15-3-2-4-15)12-32-13-21(23)35-25(38-27)16-5-8-33-22(9-16)36-26-19(29)10-18(28)24(30)37-26/h5,8-10,12-15,20,31H,2-4,6-7,11H2,1H3,(H,33,36,37)(H,34,35,38)/t14-,20-/m1/s1. The predicted molar refractivity (Wildman–Crippen MR) is 139 cm³/mol. The van der Waals surface area contributed by atoms with Crippen molar-refractivity contribution in [2.75, 3.05) is 23.7 Å². The van der Waals surface area contributed by atoms with Crippen molar-refractivity contribution < 1.29 is 13.2 Å². The number of fused-ring (bicyclic) bond motifs is 1. The molecule has 1 saturated carbocycles. The summed E-state index contributed by atoms with van der Waals surface area (Å²) >= 11 is 0. The van der Waals surface area contributed by atoms with Crippen LogP contribution in [0.5, 0.6) is 0 Å². The average Bonchev–Trinajstić information content (AvgIpc) is 2.88. The van der Waals surface area contributed by atoms with Gasteiger partial charge in [-0.3, -0.25) is 4.98 Å². The van der Waals surface area contributed by atoms with Gasteiger partial charge in [0.15, 0.2) is 23.3 Å². The van der Waals surface area contributed by atoms with Gasteiger partial charge < -0.3 is 16.0 Å². The van der Waals surface area contributed by atoms with Crippen LogP contribution in [0.4, 0.5) is 30.6 Å². The van der Waals surface area contributed by atoms with Crippen LogP contribution < -0.4 is 16.0 Å². The van der Waals surface area contributed by atoms with E-state index in [0.717, 1.165) is 49.1 Å². The smallest absolute Gasteiger partial charge is 0.251 e. The molecule has 3 N–H and O–H groups in total. The monoisotopic (exact) mass is 520 g/mol. The van der Waals surface area contributed by atoms with E-state index in [1.54, 1.807) is 18.3 Å². The van der Waals surface area contributed by atoms with E-state index >= 15 is 0 Å². The van der Waals surface area contributed by atoms with E-state index < -0.39 is 23.4 Å². The molecule has 38 heavy (non-hydrogen) atoms. The lowest BCUT2D eigenvalue weighted by Gasteiger charge is -2.32. The Labute approximate surface area is 217 Å². The molecule has 1 aliphatic carbocycles. The highest BCUT2D eigenvalue weighted by Crippen LogP contribution is 2.41. The van der Waals surface area contributed by atoms with Crippen molar-refractivity contribution in [2.24, 2.45) is 5.92 Å². The highest BCUT2D eigenvalue weighted by Gasteiger charge is 2.27. The van der Waals surface area contributed by atoms with Crippen molar-refractivity contribution >= 4 is 28.4 Å². The molecule has 6 rings (SSSR count). The molecule has 0 spiro atoms. The highest BCUT2D eigenvalue weighted by atomic mass is 19.2. The molecule has 196 valence electrons. The number of piperidine rings is 1. The predicted octanol–water partition coefficient (Wildman–Crippen LogP) is 5.32. The summed E-state index contributed by atoms with van der Waals surface area (Å²) in [5.74, 6) is -2.00. The Morgan fingerprint density at radius 3 is 2.63 bits per heavy atom. The molecule has 0 bridgehead atoms. The summed E-state index contributed by atoms with van der Waals surface area (Å²) in [4.78, 5) is 21.8. The normalized spacial score (nSPS) is 19.8. The van der Waals surface area contributed by atoms with Crippen LogP contribution in [0.3, 0.4) is 0 Å². The van der Waals surface area contributed by atoms with Gasteiger partial charge in [-0.05, 0) is 61.9 Å². The fourth-order valence-electron chi connectivity index (χ4n) is 5.07. The maximum atomic E-state index is 14.2. The van der Waals surface area contributed by atoms with Crippen molar-refractivity contribution in [1.82, 2.24) is 30.2 Å². The molecular weight excluding hydrogens is 493 g/mol. The van der Waals surface area contributed by atoms with Gasteiger partial charge in [-0.2, -0.15) is 9.37 Å². The zero-order valence-electron chi connectivity index (χ0n) is 20.8. The molecular formula is C27H27F3N8. The minimum Gasteiger partial charge on any atom is -0.366 e. The lowest BCUT2D eigenvalue weighted by atomic mass is 9.79. The summed E-state index contributed by atoms with van der Waals surface area (Å²) in [6, 6.07) is 4.04. The Morgan fingerprint density at radius 2 is 1.84 bits per heavy atom. The molecule has 1 saturated heterocycles. The number of nitrogens with zero attached hydrogens (tertiary/aromatic N) is 5. The van der Waals surface area contributed by atoms with Gasteiger partial charge in [0.2, 0.25) is 0 Å². The van der Waals surface area contributed by atoms with E-state index in [2.05, 4.69) is 37.8 Å². The maximum Gasteiger partial charge on any atom is 0.251 e. The van der Waals surface area contributed by atoms with Crippen LogP contribution in [0, 0.1) is 23.5 Å². The van der Waals surface area contributed by atoms with E-state index in [9.17, 15) is 13.2 Å². The Morgan fingerprint density at radius 1 is 0.974 bits per heavy atom. The third-order valence-electron chi connectivity index (χ3n) is 7.44. The van der Waals surface area contributed by atoms with Gasteiger partial charge in [0.05, 0.1) is 11.7 Å². The first kappa shape index (κ1) is 24.5. The number of hydrogen-bond acceptors (Lipinski definition) is 8. The van der Waals surface area contributed by atoms with Gasteiger partial charge in [-0.15, -0.1) is 0 Å². The average molecular weight is 521 g/mol. The van der Waals surface area contributed by atoms with E-state index in [1.165, 1.54) is 18.2 Å². The van der Waals surface area contributed by atoms with Crippen LogP contribution in [0.1, 0.15) is 44.1 Å². The van der Waals surface area contributed by atoms with E-state index in [4.69, 9.17) is 9.97 Å². The summed E-state index contributed by atoms with van der Waals surface area (Å²) in [5, 5.41) is 10.8. The lowest BCUT2D eigenvalue weighted by Crippen LogP contribution is -2.42. The molecule has 11 heteroatoms. The zero-order chi connectivity index (χ0) is 26.2. The van der Waals surface area contributed by atoms with Crippen molar-refractivity contribution in [3.8, 4) is 11.4 Å². The Balaban J connectivity index is 1.40. The van der Waals surface area contributed by atoms with Crippen molar-refractivity contribution in [2.45, 2.75) is 44.6 Å². The Kier molecular flexibility index (Phi) is 6.52. The molecule has 8 nitrogen and oxygen atoms in total. The summed E-state index contributed by atoms with van der Waals surface area (Å²) in [5.41, 5.74) is 2.52. The number of rotatable bonds is 6. The third kappa shape index (κ3) is 4.73. The second kappa shape index (κ2) is 10.1. The van der Waals surface area contributed by atoms with Crippen LogP contribution in [0.25, 0.3) is 22.3 Å². The molecule has 4 aromatic rings. The van der Waals surface area contributed by atoms with Crippen LogP contribution >= 0.6 is 0 Å². The first-order chi connectivity index (χ1) is 18.5. The second-order valence-electron chi connectivity index (χ2n) is 10.0. The number of halogens is 3. The van der Waals surface area contributed by atoms with Crippen molar-refractivity contribution in [1.29, 1.82) is 0 Å². The molecule has 2 aliphatic rings. The summed E-state index contributed by atoms with van der Waals surface area (Å²) < 4.78 is 41.0. The molecule has 4 aromatic heterocycles. The van der Waals surface area contributed by atoms with Gasteiger partial charge in [-0.1, -0.05) is 13.3 Å². The van der Waals surface area contributed by atoms with E-state index in [-0.39, 0.29) is 11.9 Å². The molecule has 5 heterocycles. The van der Waals surface area contributed by atoms with Gasteiger partial charge in [-0.25, -0.2) is 23.7 Å². The number of aromatic nitrogens is 5. The Bertz CT molecular complexity index is 1490. The molecule has 0 aromatic carbocycles. The van der Waals surface area contributed by atoms with Crippen LogP contribution in [-0.2, 0) is 0 Å². The largest absolute Gasteiger partial charge is 0.366 e. The number of pyridine rings is 3. The van der Waals surface area contributed by atoms with Crippen LogP contribution in [-0.4, -0.2) is 44.1 Å². The van der Waals surface area contributed by atoms with E-state index in [0.29, 0.717) is 29.3 Å². The first-order valence-corrected chi connectivity index (χ1v) is 12.8. The molecule has 1 aliphatic heterocycles. The quantitative estimate of drug-likeness (QED) is 0.294. The number of anilines is 3. The third-order valence-corrected chi connectivity index (χ3v) is 7.44. The molecule has 0 unspecified atom stereocenters. The summed E-state index contributed by atoms with van der Waals surface area (Å²) in [6.07, 6.45) is 9.62. The molecule has 0 amide bonds. The SMILES string of the molecule is C[C@@H]1CNCC[C@H]1Nc1nc(-c2ccnc(Nc3nc(F)c(F)cc3F)c2)nc2cncc(C3CCC3)c12. The Hall–Kier alpha value is -3.86. The minimum absolute atomic E-state index is 0.187. The number of nitrogens with one attached hydrogen (secondary N) is 3. The van der Waals surface area contributed by atoms with Gasteiger partial charge >= 0.3 is 0 Å². The molecule has 2 atom stereocenters. The molecule has 0 radical (unpaired) electrons. The minimum atomic E-state index is -1.40. The fraction of sp³-hybridized carbons (Fsp3) is 0.370. The lowest BCUT2D eigenvalue weighted by molar-refractivity contribution is 0.368. The summed E-state index contributed by atoms with van der Waals surface area (Å²) in [7, 11) is 0. The highest BCUT2D eigenvalue weighted by molar-refractivity contribution is 5.93. The zero-order valence-corrected chi connectivity index (χ0v) is 20.8. The first-order valence-electron chi connectivity index (χ1n) is 12.8. The van der Waals surface area contributed by atoms with Gasteiger partial charge in [0.1, 0.15) is 11.6 Å². The van der Waals surface area contributed by atoms with Gasteiger partial charge in [0.25, 0.3) is 5.95 Å². The summed E-state index contributed by atoms with van der Waals surface area (Å²) in [6.45, 7) is 4.08. The number of hydrogen-bond donors (Lipinski definition) is 3. The van der Waals surface area contributed by atoms with Crippen LogP contribution in [0.2, 0.25) is 0 Å². The van der Waals surface area contributed by atoms with Crippen molar-refractivity contribution in [3.63, 3.8) is 0 Å². The maximum absolute atomic E-state index is 14.2. The second-order valence-corrected chi connectivity index (χ2v) is 10.0.